The van der Waals surface area contributed by atoms with Crippen molar-refractivity contribution in [3.05, 3.63) is 35.4 Å². The molecule has 0 aromatic heterocycles. The first kappa shape index (κ1) is 21.3. The van der Waals surface area contributed by atoms with E-state index >= 15 is 0 Å². The van der Waals surface area contributed by atoms with Gasteiger partial charge in [-0.15, -0.1) is 0 Å². The average Bonchev–Trinajstić information content (AvgIpc) is 3.58. The molecule has 1 aliphatic heterocycles. The molecule has 2 N–H and O–H groups in total. The van der Waals surface area contributed by atoms with Crippen molar-refractivity contribution in [3.8, 4) is 0 Å². The number of carbonyl (C=O) groups excluding carboxylic acids is 3. The van der Waals surface area contributed by atoms with Crippen LogP contribution in [0.25, 0.3) is 0 Å². The van der Waals surface area contributed by atoms with E-state index in [1.807, 2.05) is 36.1 Å². The summed E-state index contributed by atoms with van der Waals surface area (Å²) in [4.78, 5) is 39.6. The molecule has 7 heteroatoms. The molecule has 29 heavy (non-hydrogen) atoms. The second-order valence-corrected chi connectivity index (χ2v) is 8.04. The molecule has 1 atom stereocenters. The van der Waals surface area contributed by atoms with E-state index in [4.69, 9.17) is 4.74 Å². The third kappa shape index (κ3) is 5.79. The van der Waals surface area contributed by atoms with Gasteiger partial charge >= 0.3 is 0 Å². The van der Waals surface area contributed by atoms with Crippen molar-refractivity contribution >= 4 is 17.7 Å². The second kappa shape index (κ2) is 9.87. The molecule has 158 valence electrons. The first-order valence-electron chi connectivity index (χ1n) is 10.4. The zero-order valence-electron chi connectivity index (χ0n) is 17.3. The number of aryl methyl sites for hydroxylation is 1. The summed E-state index contributed by atoms with van der Waals surface area (Å²) >= 11 is 0. The second-order valence-electron chi connectivity index (χ2n) is 8.04. The van der Waals surface area contributed by atoms with Gasteiger partial charge in [0.15, 0.2) is 0 Å². The fraction of sp³-hybridized carbons (Fsp3) is 0.591. The molecule has 3 rings (SSSR count). The Morgan fingerprint density at radius 1 is 1.10 bits per heavy atom. The predicted octanol–water partition coefficient (Wildman–Crippen LogP) is 1.50. The van der Waals surface area contributed by atoms with Crippen LogP contribution in [0.1, 0.15) is 41.6 Å². The number of rotatable bonds is 8. The average molecular weight is 402 g/mol. The Morgan fingerprint density at radius 3 is 2.34 bits per heavy atom. The van der Waals surface area contributed by atoms with Gasteiger partial charge in [0.25, 0.3) is 5.91 Å². The lowest BCUT2D eigenvalue weighted by Crippen LogP contribution is -2.54. The molecule has 3 amide bonds. The number of likely N-dealkylation sites (tertiary alicyclic amines) is 1. The highest BCUT2D eigenvalue weighted by Crippen LogP contribution is 2.30. The zero-order chi connectivity index (χ0) is 20.8. The van der Waals surface area contributed by atoms with Crippen molar-refractivity contribution in [2.45, 2.75) is 38.6 Å². The summed E-state index contributed by atoms with van der Waals surface area (Å²) in [6, 6.07) is 7.02. The molecular formula is C22H31N3O4. The van der Waals surface area contributed by atoms with Crippen LogP contribution >= 0.6 is 0 Å². The maximum Gasteiger partial charge on any atom is 0.253 e. The SMILES string of the molecule is COCCNC(=O)C(NC(=O)C1CC1)C1CCN(C(=O)c2ccc(C)cc2)CC1. The summed E-state index contributed by atoms with van der Waals surface area (Å²) in [7, 11) is 1.58. The van der Waals surface area contributed by atoms with Crippen molar-refractivity contribution < 1.29 is 19.1 Å². The maximum absolute atomic E-state index is 12.7. The molecule has 0 radical (unpaired) electrons. The minimum absolute atomic E-state index is 0.0160. The van der Waals surface area contributed by atoms with Crippen molar-refractivity contribution in [3.63, 3.8) is 0 Å². The van der Waals surface area contributed by atoms with Gasteiger partial charge in [0.2, 0.25) is 11.8 Å². The standard InChI is InChI=1S/C22H31N3O4/c1-15-3-5-18(6-4-15)22(28)25-12-9-16(10-13-25)19(21(27)23-11-14-29-2)24-20(26)17-7-8-17/h3-6,16-17,19H,7-14H2,1-2H3,(H,23,27)(H,24,26). The lowest BCUT2D eigenvalue weighted by Gasteiger charge is -2.36. The van der Waals surface area contributed by atoms with Gasteiger partial charge in [-0.25, -0.2) is 0 Å². The fourth-order valence-electron chi connectivity index (χ4n) is 3.71. The van der Waals surface area contributed by atoms with Gasteiger partial charge in [0.05, 0.1) is 6.61 Å². The third-order valence-electron chi connectivity index (χ3n) is 5.73. The first-order chi connectivity index (χ1) is 14.0. The van der Waals surface area contributed by atoms with Gasteiger partial charge < -0.3 is 20.3 Å². The minimum atomic E-state index is -0.559. The summed E-state index contributed by atoms with van der Waals surface area (Å²) in [5.41, 5.74) is 1.80. The lowest BCUT2D eigenvalue weighted by atomic mass is 9.88. The molecular weight excluding hydrogens is 370 g/mol. The van der Waals surface area contributed by atoms with Crippen molar-refractivity contribution in [2.75, 3.05) is 33.4 Å². The molecule has 7 nitrogen and oxygen atoms in total. The van der Waals surface area contributed by atoms with Crippen molar-refractivity contribution in [2.24, 2.45) is 11.8 Å². The summed E-state index contributed by atoms with van der Waals surface area (Å²) in [6.07, 6.45) is 3.16. The summed E-state index contributed by atoms with van der Waals surface area (Å²) in [5.74, 6) is -0.115. The van der Waals surface area contributed by atoms with Crippen LogP contribution in [0.2, 0.25) is 0 Å². The summed E-state index contributed by atoms with van der Waals surface area (Å²) in [6.45, 7) is 4.00. The topological polar surface area (TPSA) is 87.7 Å². The van der Waals surface area contributed by atoms with E-state index in [0.29, 0.717) is 44.6 Å². The van der Waals surface area contributed by atoms with E-state index in [2.05, 4.69) is 10.6 Å². The molecule has 2 fully saturated rings. The van der Waals surface area contributed by atoms with Crippen LogP contribution in [0.15, 0.2) is 24.3 Å². The Balaban J connectivity index is 1.59. The van der Waals surface area contributed by atoms with Crippen LogP contribution in [0.5, 0.6) is 0 Å². The molecule has 1 saturated heterocycles. The van der Waals surface area contributed by atoms with E-state index in [-0.39, 0.29) is 29.6 Å². The molecule has 1 saturated carbocycles. The molecule has 1 heterocycles. The van der Waals surface area contributed by atoms with Crippen LogP contribution in [0.4, 0.5) is 0 Å². The highest BCUT2D eigenvalue weighted by molar-refractivity contribution is 5.94. The van der Waals surface area contributed by atoms with Crippen LogP contribution in [0.3, 0.4) is 0 Å². The largest absolute Gasteiger partial charge is 0.383 e. The van der Waals surface area contributed by atoms with E-state index in [9.17, 15) is 14.4 Å². The third-order valence-corrected chi connectivity index (χ3v) is 5.73. The number of benzene rings is 1. The van der Waals surface area contributed by atoms with Gasteiger partial charge in [-0.3, -0.25) is 14.4 Å². The van der Waals surface area contributed by atoms with Gasteiger partial charge in [0, 0.05) is 38.2 Å². The van der Waals surface area contributed by atoms with Crippen LogP contribution in [-0.4, -0.2) is 62.0 Å². The molecule has 1 aliphatic carbocycles. The molecule has 1 aromatic rings. The highest BCUT2D eigenvalue weighted by atomic mass is 16.5. The molecule has 1 unspecified atom stereocenters. The van der Waals surface area contributed by atoms with Crippen LogP contribution in [0, 0.1) is 18.8 Å². The number of methoxy groups -OCH3 is 1. The monoisotopic (exact) mass is 401 g/mol. The zero-order valence-corrected chi connectivity index (χ0v) is 17.3. The highest BCUT2D eigenvalue weighted by Gasteiger charge is 2.37. The van der Waals surface area contributed by atoms with Gasteiger partial charge in [-0.05, 0) is 50.7 Å². The number of ether oxygens (including phenoxy) is 1. The summed E-state index contributed by atoms with van der Waals surface area (Å²) < 4.78 is 4.99. The number of hydrogen-bond donors (Lipinski definition) is 2. The first-order valence-corrected chi connectivity index (χ1v) is 10.4. The van der Waals surface area contributed by atoms with Gasteiger partial charge in [-0.2, -0.15) is 0 Å². The number of hydrogen-bond acceptors (Lipinski definition) is 4. The minimum Gasteiger partial charge on any atom is -0.383 e. The number of amides is 3. The fourth-order valence-corrected chi connectivity index (χ4v) is 3.71. The Hall–Kier alpha value is -2.41. The van der Waals surface area contributed by atoms with E-state index in [1.54, 1.807) is 7.11 Å². The van der Waals surface area contributed by atoms with E-state index < -0.39 is 6.04 Å². The van der Waals surface area contributed by atoms with E-state index in [1.165, 1.54) is 0 Å². The number of nitrogens with one attached hydrogen (secondary N) is 2. The number of nitrogens with zero attached hydrogens (tertiary/aromatic N) is 1. The Labute approximate surface area is 172 Å². The summed E-state index contributed by atoms with van der Waals surface area (Å²) in [5, 5.41) is 5.81. The van der Waals surface area contributed by atoms with Crippen LogP contribution in [-0.2, 0) is 14.3 Å². The van der Waals surface area contributed by atoms with Gasteiger partial charge in [-0.1, -0.05) is 17.7 Å². The molecule has 0 spiro atoms. The van der Waals surface area contributed by atoms with Crippen LogP contribution < -0.4 is 10.6 Å². The van der Waals surface area contributed by atoms with Gasteiger partial charge in [0.1, 0.15) is 6.04 Å². The molecule has 0 bridgehead atoms. The lowest BCUT2D eigenvalue weighted by molar-refractivity contribution is -0.131. The van der Waals surface area contributed by atoms with Crippen molar-refractivity contribution in [1.82, 2.24) is 15.5 Å². The Kier molecular flexibility index (Phi) is 7.25. The number of piperidine rings is 1. The van der Waals surface area contributed by atoms with E-state index in [0.717, 1.165) is 18.4 Å². The number of carbonyl (C=O) groups is 3. The predicted molar refractivity (Wildman–Crippen MR) is 109 cm³/mol. The smallest absolute Gasteiger partial charge is 0.253 e. The molecule has 2 aliphatic rings. The van der Waals surface area contributed by atoms with Crippen molar-refractivity contribution in [1.29, 1.82) is 0 Å². The quantitative estimate of drug-likeness (QED) is 0.647. The maximum atomic E-state index is 12.7. The Morgan fingerprint density at radius 2 is 1.76 bits per heavy atom. The Bertz CT molecular complexity index is 722. The normalized spacial score (nSPS) is 18.2. The molecule has 1 aromatic carbocycles.